The van der Waals surface area contributed by atoms with Gasteiger partial charge in [-0.05, 0) is 13.0 Å². The van der Waals surface area contributed by atoms with Gasteiger partial charge in [-0.1, -0.05) is 13.8 Å². The summed E-state index contributed by atoms with van der Waals surface area (Å²) in [5.41, 5.74) is 0. The molecule has 0 bridgehead atoms. The summed E-state index contributed by atoms with van der Waals surface area (Å²) in [5.74, 6) is 1.97. The molecule has 2 rings (SSSR count). The van der Waals surface area contributed by atoms with Crippen molar-refractivity contribution in [2.75, 3.05) is 20.3 Å². The lowest BCUT2D eigenvalue weighted by Gasteiger charge is -2.17. The van der Waals surface area contributed by atoms with Gasteiger partial charge in [-0.2, -0.15) is 0 Å². The minimum atomic E-state index is 0.325. The quantitative estimate of drug-likeness (QED) is 0.815. The minimum Gasteiger partial charge on any atom is -0.379 e. The van der Waals surface area contributed by atoms with Crippen LogP contribution in [0.2, 0.25) is 0 Å². The Morgan fingerprint density at radius 2 is 2.38 bits per heavy atom. The molecule has 1 aromatic rings. The zero-order valence-corrected chi connectivity index (χ0v) is 10.2. The second-order valence-electron chi connectivity index (χ2n) is 4.77. The maximum absolute atomic E-state index is 5.50. The Hall–Kier alpha value is -0.940. The zero-order chi connectivity index (χ0) is 11.5. The number of rotatable bonds is 4. The molecule has 0 radical (unpaired) electrons. The second kappa shape index (κ2) is 4.93. The average Bonchev–Trinajstić information content (AvgIpc) is 2.83. The van der Waals surface area contributed by atoms with Crippen LogP contribution in [0.15, 0.2) is 6.33 Å². The summed E-state index contributed by atoms with van der Waals surface area (Å²) in [5, 5.41) is 11.5. The first-order valence-corrected chi connectivity index (χ1v) is 5.85. The number of likely N-dealkylation sites (N-methyl/N-ethyl adjacent to an activating group) is 1. The van der Waals surface area contributed by atoms with Crippen molar-refractivity contribution in [2.24, 2.45) is 5.92 Å². The van der Waals surface area contributed by atoms with Gasteiger partial charge in [-0.25, -0.2) is 0 Å². The molecule has 2 heterocycles. The Morgan fingerprint density at radius 1 is 1.56 bits per heavy atom. The highest BCUT2D eigenvalue weighted by Gasteiger charge is 2.32. The zero-order valence-electron chi connectivity index (χ0n) is 10.2. The molecule has 1 aliphatic rings. The first kappa shape index (κ1) is 11.5. The molecule has 0 amide bonds. The van der Waals surface area contributed by atoms with Gasteiger partial charge >= 0.3 is 0 Å². The standard InChI is InChI=1S/C11H20N4O/c1-8(2)4-15-7-13-14-11(15)9-5-16-6-10(9)12-3/h7-10,12H,4-6H2,1-3H3. The lowest BCUT2D eigenvalue weighted by atomic mass is 10.0. The third kappa shape index (κ3) is 2.25. The minimum absolute atomic E-state index is 0.325. The first-order valence-electron chi connectivity index (χ1n) is 5.85. The lowest BCUT2D eigenvalue weighted by Crippen LogP contribution is -2.32. The van der Waals surface area contributed by atoms with Crippen molar-refractivity contribution >= 4 is 0 Å². The van der Waals surface area contributed by atoms with Gasteiger partial charge in [0.25, 0.3) is 0 Å². The van der Waals surface area contributed by atoms with E-state index >= 15 is 0 Å². The van der Waals surface area contributed by atoms with Crippen molar-refractivity contribution in [3.8, 4) is 0 Å². The fourth-order valence-electron chi connectivity index (χ4n) is 2.18. The van der Waals surface area contributed by atoms with E-state index in [-0.39, 0.29) is 0 Å². The fraction of sp³-hybridized carbons (Fsp3) is 0.818. The number of aromatic nitrogens is 3. The number of hydrogen-bond acceptors (Lipinski definition) is 4. The molecule has 1 aromatic heterocycles. The van der Waals surface area contributed by atoms with Crippen LogP contribution in [0.5, 0.6) is 0 Å². The molecule has 16 heavy (non-hydrogen) atoms. The van der Waals surface area contributed by atoms with E-state index in [2.05, 4.69) is 33.9 Å². The van der Waals surface area contributed by atoms with Crippen molar-refractivity contribution < 1.29 is 4.74 Å². The van der Waals surface area contributed by atoms with Crippen LogP contribution < -0.4 is 5.32 Å². The van der Waals surface area contributed by atoms with Crippen LogP contribution in [-0.2, 0) is 11.3 Å². The van der Waals surface area contributed by atoms with Gasteiger partial charge in [0.15, 0.2) is 0 Å². The SMILES string of the molecule is CNC1COCC1c1nncn1CC(C)C. The molecule has 5 heteroatoms. The molecule has 0 aliphatic carbocycles. The highest BCUT2D eigenvalue weighted by molar-refractivity contribution is 5.04. The van der Waals surface area contributed by atoms with E-state index in [4.69, 9.17) is 4.74 Å². The number of ether oxygens (including phenoxy) is 1. The molecule has 1 fully saturated rings. The van der Waals surface area contributed by atoms with Crippen LogP contribution in [0, 0.1) is 5.92 Å². The monoisotopic (exact) mass is 224 g/mol. The Labute approximate surface area is 96.2 Å². The van der Waals surface area contributed by atoms with Crippen molar-refractivity contribution in [1.82, 2.24) is 20.1 Å². The second-order valence-corrected chi connectivity index (χ2v) is 4.77. The van der Waals surface area contributed by atoms with Crippen LogP contribution >= 0.6 is 0 Å². The summed E-state index contributed by atoms with van der Waals surface area (Å²) in [6, 6.07) is 0.357. The maximum atomic E-state index is 5.50. The maximum Gasteiger partial charge on any atom is 0.139 e. The molecule has 1 aliphatic heterocycles. The summed E-state index contributed by atoms with van der Waals surface area (Å²) in [4.78, 5) is 0. The number of nitrogens with one attached hydrogen (secondary N) is 1. The number of hydrogen-bond donors (Lipinski definition) is 1. The smallest absolute Gasteiger partial charge is 0.139 e. The van der Waals surface area contributed by atoms with Crippen molar-refractivity contribution in [3.63, 3.8) is 0 Å². The van der Waals surface area contributed by atoms with Gasteiger partial charge in [-0.15, -0.1) is 10.2 Å². The van der Waals surface area contributed by atoms with Gasteiger partial charge in [0.05, 0.1) is 19.1 Å². The molecule has 0 saturated carbocycles. The largest absolute Gasteiger partial charge is 0.379 e. The summed E-state index contributed by atoms with van der Waals surface area (Å²) in [6.07, 6.45) is 1.82. The molecule has 0 aromatic carbocycles. The van der Waals surface area contributed by atoms with Gasteiger partial charge in [0.2, 0.25) is 0 Å². The van der Waals surface area contributed by atoms with E-state index in [0.29, 0.717) is 17.9 Å². The van der Waals surface area contributed by atoms with Crippen molar-refractivity contribution in [1.29, 1.82) is 0 Å². The molecular weight excluding hydrogens is 204 g/mol. The van der Waals surface area contributed by atoms with E-state index < -0.39 is 0 Å². The van der Waals surface area contributed by atoms with Gasteiger partial charge < -0.3 is 14.6 Å². The molecule has 1 N–H and O–H groups in total. The predicted molar refractivity (Wildman–Crippen MR) is 61.3 cm³/mol. The molecule has 90 valence electrons. The van der Waals surface area contributed by atoms with Crippen LogP contribution in [0.1, 0.15) is 25.6 Å². The van der Waals surface area contributed by atoms with E-state index in [1.807, 2.05) is 13.4 Å². The van der Waals surface area contributed by atoms with Gasteiger partial charge in [-0.3, -0.25) is 0 Å². The topological polar surface area (TPSA) is 52.0 Å². The summed E-state index contributed by atoms with van der Waals surface area (Å²) < 4.78 is 7.65. The Balaban J connectivity index is 2.16. The molecule has 5 nitrogen and oxygen atoms in total. The molecular formula is C11H20N4O. The van der Waals surface area contributed by atoms with Gasteiger partial charge in [0.1, 0.15) is 12.2 Å². The lowest BCUT2D eigenvalue weighted by molar-refractivity contribution is 0.187. The Bertz CT molecular complexity index is 336. The average molecular weight is 224 g/mol. The highest BCUT2D eigenvalue weighted by atomic mass is 16.5. The predicted octanol–water partition coefficient (Wildman–Crippen LogP) is 0.636. The summed E-state index contributed by atoms with van der Waals surface area (Å²) >= 11 is 0. The van der Waals surface area contributed by atoms with E-state index in [9.17, 15) is 0 Å². The summed E-state index contributed by atoms with van der Waals surface area (Å²) in [7, 11) is 1.97. The molecule has 2 unspecified atom stereocenters. The molecule has 0 spiro atoms. The van der Waals surface area contributed by atoms with Crippen LogP contribution in [-0.4, -0.2) is 41.1 Å². The summed E-state index contributed by atoms with van der Waals surface area (Å²) in [6.45, 7) is 6.86. The van der Waals surface area contributed by atoms with E-state index in [0.717, 1.165) is 25.6 Å². The fourth-order valence-corrected chi connectivity index (χ4v) is 2.18. The highest BCUT2D eigenvalue weighted by Crippen LogP contribution is 2.24. The van der Waals surface area contributed by atoms with Crippen LogP contribution in [0.4, 0.5) is 0 Å². The molecule has 1 saturated heterocycles. The first-order chi connectivity index (χ1) is 7.72. The third-order valence-corrected chi connectivity index (χ3v) is 2.99. The Morgan fingerprint density at radius 3 is 3.06 bits per heavy atom. The van der Waals surface area contributed by atoms with Gasteiger partial charge in [0, 0.05) is 12.6 Å². The van der Waals surface area contributed by atoms with E-state index in [1.54, 1.807) is 0 Å². The normalized spacial score (nSPS) is 25.5. The van der Waals surface area contributed by atoms with E-state index in [1.165, 1.54) is 0 Å². The van der Waals surface area contributed by atoms with Crippen LogP contribution in [0.25, 0.3) is 0 Å². The van der Waals surface area contributed by atoms with Crippen molar-refractivity contribution in [2.45, 2.75) is 32.4 Å². The number of nitrogens with zero attached hydrogens (tertiary/aromatic N) is 3. The van der Waals surface area contributed by atoms with Crippen LogP contribution in [0.3, 0.4) is 0 Å². The van der Waals surface area contributed by atoms with Crippen molar-refractivity contribution in [3.05, 3.63) is 12.2 Å². The third-order valence-electron chi connectivity index (χ3n) is 2.99. The molecule has 2 atom stereocenters. The Kier molecular flexibility index (Phi) is 3.56.